The van der Waals surface area contributed by atoms with Gasteiger partial charge in [-0.05, 0) is 69.6 Å². The largest absolute Gasteiger partial charge is 0.497 e. The molecule has 2 aromatic rings. The highest BCUT2D eigenvalue weighted by Crippen LogP contribution is 2.28. The Morgan fingerprint density at radius 1 is 0.941 bits per heavy atom. The summed E-state index contributed by atoms with van der Waals surface area (Å²) in [5, 5.41) is 22.9. The number of methoxy groups -OCH3 is 1. The van der Waals surface area contributed by atoms with Crippen LogP contribution in [0.4, 0.5) is 4.79 Å². The van der Waals surface area contributed by atoms with Crippen molar-refractivity contribution in [2.75, 3.05) is 13.7 Å². The maximum absolute atomic E-state index is 14.1. The van der Waals surface area contributed by atoms with Gasteiger partial charge in [0.2, 0.25) is 17.7 Å². The van der Waals surface area contributed by atoms with Crippen molar-refractivity contribution >= 4 is 23.8 Å². The number of carbonyl (C=O) groups is 4. The number of hydrogen-bond donors (Lipinski definition) is 6. The van der Waals surface area contributed by atoms with Crippen LogP contribution in [0.3, 0.4) is 0 Å². The molecule has 1 fully saturated rings. The zero-order valence-corrected chi connectivity index (χ0v) is 31.3. The Bertz CT molecular complexity index is 1350. The first-order chi connectivity index (χ1) is 24.2. The molecule has 0 unspecified atom stereocenters. The van der Waals surface area contributed by atoms with Crippen LogP contribution < -0.4 is 26.0 Å². The number of nitrogens with one attached hydrogen (secondary N) is 5. The molecule has 1 aromatic carbocycles. The molecule has 13 heteroatoms. The number of aliphatic hydroxyl groups excluding tert-OH is 1. The fraction of sp³-hybridized carbons (Fsp3) is 0.658. The second kappa shape index (κ2) is 20.7. The maximum Gasteiger partial charge on any atom is 0.408 e. The van der Waals surface area contributed by atoms with E-state index in [-0.39, 0.29) is 31.7 Å². The van der Waals surface area contributed by atoms with Crippen LogP contribution in [0.1, 0.15) is 104 Å². The first-order valence-electron chi connectivity index (χ1n) is 18.4. The molecule has 0 aliphatic heterocycles. The highest BCUT2D eigenvalue weighted by molar-refractivity contribution is 5.91. The third-order valence-corrected chi connectivity index (χ3v) is 9.03. The molecule has 1 aliphatic carbocycles. The van der Waals surface area contributed by atoms with Crippen molar-refractivity contribution in [1.82, 2.24) is 31.2 Å². The number of carbonyl (C=O) groups excluding carboxylic acids is 4. The molecule has 6 N–H and O–H groups in total. The second-order valence-corrected chi connectivity index (χ2v) is 15.1. The van der Waals surface area contributed by atoms with E-state index in [2.05, 4.69) is 45.1 Å². The number of aromatic nitrogens is 2. The van der Waals surface area contributed by atoms with Crippen LogP contribution in [0.15, 0.2) is 36.8 Å². The van der Waals surface area contributed by atoms with Crippen molar-refractivity contribution < 1.29 is 33.8 Å². The van der Waals surface area contributed by atoms with E-state index in [1.54, 1.807) is 58.3 Å². The molecule has 4 atom stereocenters. The average Bonchev–Trinajstić information content (AvgIpc) is 3.59. The van der Waals surface area contributed by atoms with E-state index in [1.165, 1.54) is 12.7 Å². The highest BCUT2D eigenvalue weighted by Gasteiger charge is 2.32. The van der Waals surface area contributed by atoms with Gasteiger partial charge in [0.1, 0.15) is 23.4 Å². The van der Waals surface area contributed by atoms with Crippen molar-refractivity contribution in [3.8, 4) is 5.75 Å². The van der Waals surface area contributed by atoms with Gasteiger partial charge in [0, 0.05) is 37.7 Å². The van der Waals surface area contributed by atoms with Crippen LogP contribution in [0, 0.1) is 11.8 Å². The van der Waals surface area contributed by atoms with Crippen LogP contribution >= 0.6 is 0 Å². The molecule has 1 aliphatic rings. The van der Waals surface area contributed by atoms with Gasteiger partial charge in [0.25, 0.3) is 0 Å². The molecule has 284 valence electrons. The summed E-state index contributed by atoms with van der Waals surface area (Å²) in [7, 11) is 1.56. The summed E-state index contributed by atoms with van der Waals surface area (Å²) >= 11 is 0. The van der Waals surface area contributed by atoms with Crippen molar-refractivity contribution in [3.05, 3.63) is 48.0 Å². The molecule has 0 radical (unpaired) electrons. The first-order valence-corrected chi connectivity index (χ1v) is 18.4. The van der Waals surface area contributed by atoms with Crippen molar-refractivity contribution in [2.24, 2.45) is 11.8 Å². The molecule has 1 heterocycles. The summed E-state index contributed by atoms with van der Waals surface area (Å²) in [6.45, 7) is 9.61. The van der Waals surface area contributed by atoms with Crippen molar-refractivity contribution in [2.45, 2.75) is 135 Å². The maximum atomic E-state index is 14.1. The molecule has 13 nitrogen and oxygen atoms in total. The molecular formula is C38H60N6O7. The van der Waals surface area contributed by atoms with E-state index in [9.17, 15) is 24.3 Å². The van der Waals surface area contributed by atoms with Gasteiger partial charge in [-0.25, -0.2) is 9.78 Å². The minimum Gasteiger partial charge on any atom is -0.497 e. The van der Waals surface area contributed by atoms with Crippen LogP contribution in [-0.2, 0) is 32.0 Å². The van der Waals surface area contributed by atoms with Gasteiger partial charge >= 0.3 is 6.09 Å². The molecule has 1 saturated carbocycles. The van der Waals surface area contributed by atoms with E-state index < -0.39 is 47.7 Å². The van der Waals surface area contributed by atoms with Crippen LogP contribution in [-0.4, -0.2) is 82.4 Å². The summed E-state index contributed by atoms with van der Waals surface area (Å²) in [5.41, 5.74) is 0.587. The summed E-state index contributed by atoms with van der Waals surface area (Å²) in [4.78, 5) is 60.3. The van der Waals surface area contributed by atoms with E-state index in [0.717, 1.165) is 37.7 Å². The monoisotopic (exact) mass is 712 g/mol. The Hall–Kier alpha value is -4.13. The van der Waals surface area contributed by atoms with Gasteiger partial charge in [0.05, 0.1) is 25.6 Å². The number of aliphatic hydroxyl groups is 1. The Labute approximate surface area is 302 Å². The predicted octanol–water partition coefficient (Wildman–Crippen LogP) is 4.34. The fourth-order valence-corrected chi connectivity index (χ4v) is 6.20. The molecule has 0 spiro atoms. The Kier molecular flexibility index (Phi) is 16.7. The topological polar surface area (TPSA) is 184 Å². The minimum atomic E-state index is -1.08. The Morgan fingerprint density at radius 3 is 2.22 bits per heavy atom. The molecule has 1 aromatic heterocycles. The van der Waals surface area contributed by atoms with Crippen molar-refractivity contribution in [3.63, 3.8) is 0 Å². The van der Waals surface area contributed by atoms with Gasteiger partial charge < -0.3 is 40.8 Å². The number of benzene rings is 1. The summed E-state index contributed by atoms with van der Waals surface area (Å²) < 4.78 is 10.7. The van der Waals surface area contributed by atoms with Gasteiger partial charge in [-0.2, -0.15) is 0 Å². The number of H-pyrrole nitrogens is 1. The Balaban J connectivity index is 1.79. The SMILES string of the molecule is COc1ccc(C[C@H](NC(=O)OC(C)(C)C)C(=O)N[C@@H](Cc2cnc[nH]2)C(=O)N[C@@H](CC2CCCCC2)[C@@H](O)CCNC(=O)CCC(C)C)cc1. The van der Waals surface area contributed by atoms with Gasteiger partial charge in [-0.3, -0.25) is 14.4 Å². The predicted molar refractivity (Wildman–Crippen MR) is 195 cm³/mol. The average molecular weight is 713 g/mol. The molecule has 0 saturated heterocycles. The number of rotatable bonds is 19. The number of imidazole rings is 1. The third-order valence-electron chi connectivity index (χ3n) is 9.03. The number of hydrogen-bond acceptors (Lipinski definition) is 8. The number of amides is 4. The fourth-order valence-electron chi connectivity index (χ4n) is 6.20. The van der Waals surface area contributed by atoms with Gasteiger partial charge in [0.15, 0.2) is 0 Å². The summed E-state index contributed by atoms with van der Waals surface area (Å²) in [6, 6.07) is 4.40. The van der Waals surface area contributed by atoms with E-state index in [4.69, 9.17) is 9.47 Å². The quantitative estimate of drug-likeness (QED) is 0.124. The van der Waals surface area contributed by atoms with E-state index in [1.807, 2.05) is 0 Å². The summed E-state index contributed by atoms with van der Waals surface area (Å²) in [5.74, 6) is 0.290. The smallest absolute Gasteiger partial charge is 0.408 e. The Morgan fingerprint density at radius 2 is 1.61 bits per heavy atom. The molecule has 0 bridgehead atoms. The second-order valence-electron chi connectivity index (χ2n) is 15.1. The van der Waals surface area contributed by atoms with Crippen molar-refractivity contribution in [1.29, 1.82) is 0 Å². The lowest BCUT2D eigenvalue weighted by Crippen LogP contribution is -2.57. The van der Waals surface area contributed by atoms with E-state index >= 15 is 0 Å². The van der Waals surface area contributed by atoms with Crippen LogP contribution in [0.5, 0.6) is 5.75 Å². The molecule has 4 amide bonds. The van der Waals surface area contributed by atoms with Crippen LogP contribution in [0.25, 0.3) is 0 Å². The normalized spacial score (nSPS) is 16.0. The highest BCUT2D eigenvalue weighted by atomic mass is 16.6. The minimum absolute atomic E-state index is 0.0599. The lowest BCUT2D eigenvalue weighted by molar-refractivity contribution is -0.131. The summed E-state index contributed by atoms with van der Waals surface area (Å²) in [6.07, 6.45) is 9.08. The zero-order valence-electron chi connectivity index (χ0n) is 31.3. The molecule has 51 heavy (non-hydrogen) atoms. The van der Waals surface area contributed by atoms with Gasteiger partial charge in [-0.15, -0.1) is 0 Å². The van der Waals surface area contributed by atoms with Crippen LogP contribution in [0.2, 0.25) is 0 Å². The number of ether oxygens (including phenoxy) is 2. The van der Waals surface area contributed by atoms with Gasteiger partial charge in [-0.1, -0.05) is 58.1 Å². The standard InChI is InChI=1S/C38H60N6O7/c1-25(2)12-17-34(46)40-19-18-33(45)30(20-26-10-8-7-9-11-26)42-36(48)32(22-28-23-39-24-41-28)43-35(47)31(44-37(49)51-38(3,4)5)21-27-13-15-29(50-6)16-14-27/h13-16,23-26,30-33,45H,7-12,17-22H2,1-6H3,(H,39,41)(H,40,46)(H,42,48)(H,43,47)(H,44,49)/t30-,31-,32-,33-/m0/s1. The molecular weight excluding hydrogens is 652 g/mol. The zero-order chi connectivity index (χ0) is 37.4. The lowest BCUT2D eigenvalue weighted by atomic mass is 9.83. The number of alkyl carbamates (subject to hydrolysis) is 1. The lowest BCUT2D eigenvalue weighted by Gasteiger charge is -2.32. The molecule has 3 rings (SSSR count). The first kappa shape index (κ1) is 41.3. The third kappa shape index (κ3) is 15.7. The van der Waals surface area contributed by atoms with E-state index in [0.29, 0.717) is 36.1 Å². The number of nitrogens with zero attached hydrogens (tertiary/aromatic N) is 1. The number of aromatic amines is 1.